The van der Waals surface area contributed by atoms with Crippen LogP contribution in [0.5, 0.6) is 5.75 Å². The minimum Gasteiger partial charge on any atom is -0.497 e. The summed E-state index contributed by atoms with van der Waals surface area (Å²) in [5.41, 5.74) is 3.33. The molecule has 0 aliphatic carbocycles. The lowest BCUT2D eigenvalue weighted by Crippen LogP contribution is -2.55. The van der Waals surface area contributed by atoms with Crippen molar-refractivity contribution in [3.05, 3.63) is 59.7 Å². The zero-order valence-electron chi connectivity index (χ0n) is 14.5. The molecule has 1 aliphatic rings. The van der Waals surface area contributed by atoms with Crippen molar-refractivity contribution < 1.29 is 9.53 Å². The van der Waals surface area contributed by atoms with E-state index in [9.17, 15) is 4.79 Å². The van der Waals surface area contributed by atoms with Crippen LogP contribution in [0.15, 0.2) is 48.5 Å². The summed E-state index contributed by atoms with van der Waals surface area (Å²) < 4.78 is 5.29. The minimum absolute atomic E-state index is 0.135. The number of aryl methyl sites for hydroxylation is 1. The Morgan fingerprint density at radius 2 is 1.92 bits per heavy atom. The van der Waals surface area contributed by atoms with E-state index in [1.807, 2.05) is 48.2 Å². The topological polar surface area (TPSA) is 32.8 Å². The van der Waals surface area contributed by atoms with Gasteiger partial charge in [-0.2, -0.15) is 0 Å². The van der Waals surface area contributed by atoms with Gasteiger partial charge in [-0.25, -0.2) is 0 Å². The molecule has 4 heteroatoms. The number of piperazine rings is 1. The normalized spacial score (nSPS) is 18.7. The van der Waals surface area contributed by atoms with Gasteiger partial charge in [-0.3, -0.25) is 9.69 Å². The Balaban J connectivity index is 1.74. The second kappa shape index (κ2) is 7.05. The van der Waals surface area contributed by atoms with Crippen molar-refractivity contribution in [1.82, 2.24) is 4.90 Å². The number of benzene rings is 2. The Morgan fingerprint density at radius 1 is 1.12 bits per heavy atom. The summed E-state index contributed by atoms with van der Waals surface area (Å²) in [6.07, 6.45) is 0. The first-order valence-electron chi connectivity index (χ1n) is 8.34. The Bertz CT molecular complexity index is 729. The maximum Gasteiger partial charge on any atom is 0.244 e. The van der Waals surface area contributed by atoms with Gasteiger partial charge in [0, 0.05) is 25.3 Å². The van der Waals surface area contributed by atoms with Gasteiger partial charge in [0.2, 0.25) is 5.91 Å². The first kappa shape index (κ1) is 16.5. The molecule has 1 unspecified atom stereocenters. The van der Waals surface area contributed by atoms with Crippen molar-refractivity contribution in [2.45, 2.75) is 26.4 Å². The zero-order chi connectivity index (χ0) is 17.1. The first-order chi connectivity index (χ1) is 11.6. The van der Waals surface area contributed by atoms with E-state index in [4.69, 9.17) is 4.74 Å². The highest BCUT2D eigenvalue weighted by Gasteiger charge is 2.32. The van der Waals surface area contributed by atoms with Crippen LogP contribution in [-0.2, 0) is 11.3 Å². The van der Waals surface area contributed by atoms with Gasteiger partial charge >= 0.3 is 0 Å². The number of carbonyl (C=O) groups excluding carboxylic acids is 1. The molecular weight excluding hydrogens is 300 g/mol. The van der Waals surface area contributed by atoms with Gasteiger partial charge in [0.25, 0.3) is 0 Å². The van der Waals surface area contributed by atoms with Gasteiger partial charge in [-0.1, -0.05) is 30.3 Å². The van der Waals surface area contributed by atoms with Crippen molar-refractivity contribution in [1.29, 1.82) is 0 Å². The molecule has 0 saturated carbocycles. The van der Waals surface area contributed by atoms with Gasteiger partial charge in [-0.05, 0) is 43.2 Å². The lowest BCUT2D eigenvalue weighted by atomic mass is 10.1. The highest BCUT2D eigenvalue weighted by molar-refractivity contribution is 5.98. The average Bonchev–Trinajstić information content (AvgIpc) is 2.60. The van der Waals surface area contributed by atoms with Crippen molar-refractivity contribution in [3.8, 4) is 5.75 Å². The van der Waals surface area contributed by atoms with Crippen LogP contribution >= 0.6 is 0 Å². The Morgan fingerprint density at radius 3 is 2.67 bits per heavy atom. The monoisotopic (exact) mass is 324 g/mol. The molecule has 1 saturated heterocycles. The van der Waals surface area contributed by atoms with Crippen LogP contribution in [0.1, 0.15) is 18.1 Å². The quantitative estimate of drug-likeness (QED) is 0.865. The number of rotatable bonds is 4. The molecule has 2 aromatic rings. The third-order valence-electron chi connectivity index (χ3n) is 4.71. The third-order valence-corrected chi connectivity index (χ3v) is 4.71. The molecule has 1 amide bonds. The fraction of sp³-hybridized carbons (Fsp3) is 0.350. The van der Waals surface area contributed by atoms with E-state index < -0.39 is 0 Å². The molecule has 1 fully saturated rings. The van der Waals surface area contributed by atoms with E-state index in [1.54, 1.807) is 7.11 Å². The molecule has 1 aliphatic heterocycles. The van der Waals surface area contributed by atoms with E-state index in [-0.39, 0.29) is 11.9 Å². The fourth-order valence-electron chi connectivity index (χ4n) is 3.24. The SMILES string of the molecule is COc1cccc(CN2CCN(c3ccccc3C)C(=O)C2C)c1. The fourth-order valence-corrected chi connectivity index (χ4v) is 3.24. The summed E-state index contributed by atoms with van der Waals surface area (Å²) in [5.74, 6) is 1.02. The number of methoxy groups -OCH3 is 1. The first-order valence-corrected chi connectivity index (χ1v) is 8.34. The van der Waals surface area contributed by atoms with Crippen LogP contribution in [0.4, 0.5) is 5.69 Å². The molecule has 3 rings (SSSR count). The highest BCUT2D eigenvalue weighted by atomic mass is 16.5. The van der Waals surface area contributed by atoms with Crippen LogP contribution in [-0.4, -0.2) is 37.0 Å². The predicted molar refractivity (Wildman–Crippen MR) is 96.4 cm³/mol. The van der Waals surface area contributed by atoms with Crippen molar-refractivity contribution in [2.24, 2.45) is 0 Å². The third kappa shape index (κ3) is 3.29. The van der Waals surface area contributed by atoms with E-state index >= 15 is 0 Å². The van der Waals surface area contributed by atoms with Crippen molar-refractivity contribution in [3.63, 3.8) is 0 Å². The number of para-hydroxylation sites is 1. The number of amides is 1. The molecular formula is C20H24N2O2. The molecule has 4 nitrogen and oxygen atoms in total. The maximum absolute atomic E-state index is 12.9. The van der Waals surface area contributed by atoms with Gasteiger partial charge in [-0.15, -0.1) is 0 Å². The second-order valence-corrected chi connectivity index (χ2v) is 6.27. The molecule has 0 aromatic heterocycles. The van der Waals surface area contributed by atoms with Crippen LogP contribution in [0.2, 0.25) is 0 Å². The molecule has 0 spiro atoms. The van der Waals surface area contributed by atoms with Crippen LogP contribution in [0.25, 0.3) is 0 Å². The number of hydrogen-bond acceptors (Lipinski definition) is 3. The predicted octanol–water partition coefficient (Wildman–Crippen LogP) is 3.24. The van der Waals surface area contributed by atoms with Gasteiger partial charge < -0.3 is 9.64 Å². The van der Waals surface area contributed by atoms with E-state index in [0.717, 1.165) is 36.6 Å². The molecule has 1 atom stereocenters. The summed E-state index contributed by atoms with van der Waals surface area (Å²) in [4.78, 5) is 17.0. The van der Waals surface area contributed by atoms with Crippen molar-refractivity contribution >= 4 is 11.6 Å². The van der Waals surface area contributed by atoms with E-state index in [1.165, 1.54) is 5.56 Å². The van der Waals surface area contributed by atoms with E-state index in [0.29, 0.717) is 0 Å². The molecule has 0 radical (unpaired) electrons. The molecule has 2 aromatic carbocycles. The minimum atomic E-state index is -0.135. The molecule has 0 bridgehead atoms. The summed E-state index contributed by atoms with van der Waals surface area (Å²) in [6, 6.07) is 16.0. The molecule has 126 valence electrons. The Hall–Kier alpha value is -2.33. The summed E-state index contributed by atoms with van der Waals surface area (Å²) in [5, 5.41) is 0. The number of anilines is 1. The van der Waals surface area contributed by atoms with Gasteiger partial charge in [0.15, 0.2) is 0 Å². The smallest absolute Gasteiger partial charge is 0.244 e. The Labute approximate surface area is 143 Å². The number of carbonyl (C=O) groups is 1. The summed E-state index contributed by atoms with van der Waals surface area (Å²) in [7, 11) is 1.67. The summed E-state index contributed by atoms with van der Waals surface area (Å²) >= 11 is 0. The van der Waals surface area contributed by atoms with E-state index in [2.05, 4.69) is 24.0 Å². The van der Waals surface area contributed by atoms with Gasteiger partial charge in [0.1, 0.15) is 5.75 Å². The lowest BCUT2D eigenvalue weighted by molar-refractivity contribution is -0.125. The molecule has 24 heavy (non-hydrogen) atoms. The zero-order valence-corrected chi connectivity index (χ0v) is 14.5. The standard InChI is InChI=1S/C20H24N2O2/c1-15-7-4-5-10-19(15)22-12-11-21(16(2)20(22)23)14-17-8-6-9-18(13-17)24-3/h4-10,13,16H,11-12,14H2,1-3H3. The second-order valence-electron chi connectivity index (χ2n) is 6.27. The molecule has 1 heterocycles. The highest BCUT2D eigenvalue weighted by Crippen LogP contribution is 2.25. The van der Waals surface area contributed by atoms with Crippen LogP contribution < -0.4 is 9.64 Å². The van der Waals surface area contributed by atoms with Crippen LogP contribution in [0, 0.1) is 6.92 Å². The molecule has 0 N–H and O–H groups in total. The summed E-state index contributed by atoms with van der Waals surface area (Å²) in [6.45, 7) is 6.38. The number of nitrogens with zero attached hydrogens (tertiary/aromatic N) is 2. The number of hydrogen-bond donors (Lipinski definition) is 0. The lowest BCUT2D eigenvalue weighted by Gasteiger charge is -2.39. The number of ether oxygens (including phenoxy) is 1. The largest absolute Gasteiger partial charge is 0.497 e. The Kier molecular flexibility index (Phi) is 4.86. The maximum atomic E-state index is 12.9. The van der Waals surface area contributed by atoms with Crippen LogP contribution in [0.3, 0.4) is 0 Å². The van der Waals surface area contributed by atoms with Gasteiger partial charge in [0.05, 0.1) is 13.2 Å². The average molecular weight is 324 g/mol. The van der Waals surface area contributed by atoms with Crippen molar-refractivity contribution in [2.75, 3.05) is 25.1 Å².